The van der Waals surface area contributed by atoms with E-state index >= 15 is 0 Å². The summed E-state index contributed by atoms with van der Waals surface area (Å²) < 4.78 is 44.2. The lowest BCUT2D eigenvalue weighted by Crippen LogP contribution is -3.00. The normalized spacial score (nSPS) is 15.3. The first kappa shape index (κ1) is 35.3. The van der Waals surface area contributed by atoms with Crippen LogP contribution in [0.25, 0.3) is 0 Å². The van der Waals surface area contributed by atoms with Gasteiger partial charge in [0.05, 0.1) is 78.9 Å². The maximum absolute atomic E-state index is 5.60. The predicted molar refractivity (Wildman–Crippen MR) is 138 cm³/mol. The molecule has 0 radical (unpaired) electrons. The van der Waals surface area contributed by atoms with Crippen LogP contribution < -0.4 is 12.4 Å². The van der Waals surface area contributed by atoms with Crippen molar-refractivity contribution < 1.29 is 40.8 Å². The number of nitrogens with zero attached hydrogens (tertiary/aromatic N) is 4. The van der Waals surface area contributed by atoms with Crippen molar-refractivity contribution in [3.63, 3.8) is 0 Å². The summed E-state index contributed by atoms with van der Waals surface area (Å²) in [6.45, 7) is 11.0. The van der Waals surface area contributed by atoms with E-state index in [1.165, 1.54) is 19.3 Å². The van der Waals surface area contributed by atoms with Gasteiger partial charge in [0, 0.05) is 55.7 Å². The van der Waals surface area contributed by atoms with Gasteiger partial charge >= 0.3 is 7.87 Å². The van der Waals surface area contributed by atoms with E-state index in [1.54, 1.807) is 42.7 Å². The van der Waals surface area contributed by atoms with Crippen molar-refractivity contribution in [2.24, 2.45) is 0 Å². The summed E-state index contributed by atoms with van der Waals surface area (Å²) in [5.74, 6) is 0. The lowest BCUT2D eigenvalue weighted by atomic mass is 10.2. The fourth-order valence-corrected chi connectivity index (χ4v) is 9.61. The zero-order valence-electron chi connectivity index (χ0n) is 23.1. The van der Waals surface area contributed by atoms with Crippen LogP contribution in [0, 0.1) is 0 Å². The van der Waals surface area contributed by atoms with Gasteiger partial charge < -0.3 is 40.8 Å². The Kier molecular flexibility index (Phi) is 22.5. The summed E-state index contributed by atoms with van der Waals surface area (Å²) in [6.07, 6.45) is 3.68. The molecular weight excluding hydrogens is 495 g/mol. The Hall–Kier alpha value is 0.320. The van der Waals surface area contributed by atoms with Gasteiger partial charge in [0.25, 0.3) is 0 Å². The number of rotatable bonds is 22. The van der Waals surface area contributed by atoms with Crippen LogP contribution >= 0.6 is 7.87 Å². The molecule has 0 spiro atoms. The lowest BCUT2D eigenvalue weighted by molar-refractivity contribution is -0.00000945. The van der Waals surface area contributed by atoms with Crippen LogP contribution in [-0.2, 0) is 28.4 Å². The molecule has 0 unspecified atom stereocenters. The van der Waals surface area contributed by atoms with Crippen molar-refractivity contribution in [3.05, 3.63) is 0 Å². The maximum atomic E-state index is 5.60. The molecule has 35 heavy (non-hydrogen) atoms. The van der Waals surface area contributed by atoms with Crippen LogP contribution in [0.15, 0.2) is 0 Å². The molecule has 0 aromatic heterocycles. The van der Waals surface area contributed by atoms with Crippen LogP contribution in [0.2, 0.25) is 0 Å². The third-order valence-electron chi connectivity index (χ3n) is 6.17. The minimum atomic E-state index is -2.23. The van der Waals surface area contributed by atoms with Gasteiger partial charge in [0.2, 0.25) is 0 Å². The number of halogens is 1. The monoisotopic (exact) mass is 546 g/mol. The largest absolute Gasteiger partial charge is 1.00 e. The molecule has 0 saturated carbocycles. The molecule has 0 aliphatic carbocycles. The van der Waals surface area contributed by atoms with Crippen LogP contribution in [0.5, 0.6) is 0 Å². The quantitative estimate of drug-likeness (QED) is 0.157. The van der Waals surface area contributed by atoms with Crippen molar-refractivity contribution >= 4 is 7.87 Å². The van der Waals surface area contributed by atoms with Crippen molar-refractivity contribution in [3.8, 4) is 0 Å². The standard InChI is InChI=1S/C23H52N4O6P.ClH/c1-28-18-12-25(13-19-29-2)34(24-10-8-7-9-11-24,26(14-20-30-3)15-21-31-4)27(16-22-32-5)17-23-33-6;/h7-23H2,1-6H3;1H/q+1;/p-1. The van der Waals surface area contributed by atoms with Crippen molar-refractivity contribution in [1.82, 2.24) is 18.7 Å². The smallest absolute Gasteiger partial charge is 0.309 e. The molecule has 1 aliphatic rings. The third kappa shape index (κ3) is 11.3. The predicted octanol–water partition coefficient (Wildman–Crippen LogP) is -1.06. The van der Waals surface area contributed by atoms with Gasteiger partial charge in [-0.15, -0.1) is 18.7 Å². The molecule has 12 heteroatoms. The Morgan fingerprint density at radius 1 is 0.486 bits per heavy atom. The molecule has 1 saturated heterocycles. The van der Waals surface area contributed by atoms with Crippen LogP contribution in [0.3, 0.4) is 0 Å². The highest BCUT2D eigenvalue weighted by Gasteiger charge is 2.61. The fourth-order valence-electron chi connectivity index (χ4n) is 4.54. The van der Waals surface area contributed by atoms with Gasteiger partial charge in [-0.1, -0.05) is 6.42 Å². The first-order valence-corrected chi connectivity index (χ1v) is 14.1. The molecule has 1 aliphatic heterocycles. The summed E-state index contributed by atoms with van der Waals surface area (Å²) in [4.78, 5) is 0. The van der Waals surface area contributed by atoms with Crippen LogP contribution in [-0.4, -0.2) is 153 Å². The molecule has 1 rings (SSSR count). The molecule has 1 fully saturated rings. The highest BCUT2D eigenvalue weighted by molar-refractivity contribution is 7.66. The Morgan fingerprint density at radius 2 is 0.743 bits per heavy atom. The summed E-state index contributed by atoms with van der Waals surface area (Å²) in [5.41, 5.74) is 0. The van der Waals surface area contributed by atoms with Crippen molar-refractivity contribution in [2.75, 3.05) is 135 Å². The summed E-state index contributed by atoms with van der Waals surface area (Å²) in [6, 6.07) is 0. The van der Waals surface area contributed by atoms with Crippen LogP contribution in [0.4, 0.5) is 0 Å². The average Bonchev–Trinajstić information content (AvgIpc) is 2.87. The molecule has 0 bridgehead atoms. The highest BCUT2D eigenvalue weighted by atomic mass is 35.5. The van der Waals surface area contributed by atoms with Gasteiger partial charge in [-0.25, -0.2) is 0 Å². The summed E-state index contributed by atoms with van der Waals surface area (Å²) in [7, 11) is 8.42. The Morgan fingerprint density at radius 3 is 0.971 bits per heavy atom. The fraction of sp³-hybridized carbons (Fsp3) is 1.00. The second-order valence-corrected chi connectivity index (χ2v) is 11.7. The molecular formula is C23H52ClN4O6P. The number of methoxy groups -OCH3 is 6. The SMILES string of the molecule is COCCN(CCOC)[P+](N1CCCCC1)(N(CCOC)CCOC)N(CCOC)CCOC.[Cl-]. The van der Waals surface area contributed by atoms with E-state index in [0.717, 1.165) is 52.4 Å². The molecule has 0 aromatic carbocycles. The van der Waals surface area contributed by atoms with E-state index in [1.807, 2.05) is 0 Å². The molecule has 1 heterocycles. The molecule has 212 valence electrons. The third-order valence-corrected chi connectivity index (χ3v) is 10.8. The lowest BCUT2D eigenvalue weighted by Gasteiger charge is -2.52. The van der Waals surface area contributed by atoms with E-state index in [4.69, 9.17) is 28.4 Å². The first-order chi connectivity index (χ1) is 16.7. The van der Waals surface area contributed by atoms with Gasteiger partial charge in [-0.05, 0) is 12.8 Å². The number of ether oxygens (including phenoxy) is 6. The Labute approximate surface area is 221 Å². The average molecular weight is 547 g/mol. The van der Waals surface area contributed by atoms with E-state index in [0.29, 0.717) is 39.6 Å². The number of hydrogen-bond acceptors (Lipinski definition) is 10. The molecule has 10 nitrogen and oxygen atoms in total. The van der Waals surface area contributed by atoms with Crippen LogP contribution in [0.1, 0.15) is 19.3 Å². The van der Waals surface area contributed by atoms with Gasteiger partial charge in [-0.3, -0.25) is 0 Å². The molecule has 0 amide bonds. The molecule has 0 aromatic rings. The number of piperidine rings is 1. The zero-order chi connectivity index (χ0) is 25.1. The zero-order valence-corrected chi connectivity index (χ0v) is 24.7. The van der Waals surface area contributed by atoms with E-state index < -0.39 is 7.87 Å². The van der Waals surface area contributed by atoms with E-state index in [2.05, 4.69) is 18.7 Å². The van der Waals surface area contributed by atoms with Gasteiger partial charge in [-0.2, -0.15) is 0 Å². The van der Waals surface area contributed by atoms with Gasteiger partial charge in [0.1, 0.15) is 0 Å². The Balaban J connectivity index is 0.0000116. The van der Waals surface area contributed by atoms with E-state index in [9.17, 15) is 0 Å². The first-order valence-electron chi connectivity index (χ1n) is 12.5. The maximum Gasteiger partial charge on any atom is 0.309 e. The molecule has 0 atom stereocenters. The molecule has 0 N–H and O–H groups in total. The van der Waals surface area contributed by atoms with Gasteiger partial charge in [0.15, 0.2) is 0 Å². The van der Waals surface area contributed by atoms with E-state index in [-0.39, 0.29) is 12.4 Å². The minimum absolute atomic E-state index is 0. The van der Waals surface area contributed by atoms with Crippen molar-refractivity contribution in [2.45, 2.75) is 19.3 Å². The number of hydrogen-bond donors (Lipinski definition) is 0. The highest BCUT2D eigenvalue weighted by Crippen LogP contribution is 2.70. The topological polar surface area (TPSA) is 68.3 Å². The second-order valence-electron chi connectivity index (χ2n) is 8.37. The Bertz CT molecular complexity index is 409. The minimum Gasteiger partial charge on any atom is -1.00 e. The second kappa shape index (κ2) is 22.3. The summed E-state index contributed by atoms with van der Waals surface area (Å²) in [5, 5.41) is 0. The van der Waals surface area contributed by atoms with Crippen molar-refractivity contribution in [1.29, 1.82) is 0 Å². The summed E-state index contributed by atoms with van der Waals surface area (Å²) >= 11 is 0.